The van der Waals surface area contributed by atoms with Crippen molar-refractivity contribution < 1.29 is 4.79 Å². The summed E-state index contributed by atoms with van der Waals surface area (Å²) in [6, 6.07) is 0.463. The van der Waals surface area contributed by atoms with Crippen molar-refractivity contribution in [3.8, 4) is 0 Å². The van der Waals surface area contributed by atoms with Crippen LogP contribution in [0.5, 0.6) is 0 Å². The predicted molar refractivity (Wildman–Crippen MR) is 59.8 cm³/mol. The molecule has 0 spiro atoms. The number of carbonyl (C=O) groups excluding carboxylic acids is 1. The molecule has 1 heterocycles. The largest absolute Gasteiger partial charge is 0.338 e. The molecule has 1 aliphatic heterocycles. The highest BCUT2D eigenvalue weighted by Crippen LogP contribution is 2.17. The minimum absolute atomic E-state index is 0.0225. The van der Waals surface area contributed by atoms with Crippen LogP contribution in [0.15, 0.2) is 0 Å². The monoisotopic (exact) mass is 211 g/mol. The van der Waals surface area contributed by atoms with Gasteiger partial charge in [-0.1, -0.05) is 0 Å². The normalized spacial score (nSPS) is 27.4. The van der Waals surface area contributed by atoms with Crippen LogP contribution in [0.4, 0.5) is 4.79 Å². The van der Waals surface area contributed by atoms with Crippen LogP contribution in [-0.2, 0) is 0 Å². The van der Waals surface area contributed by atoms with E-state index >= 15 is 0 Å². The van der Waals surface area contributed by atoms with Crippen LogP contribution in [0.1, 0.15) is 25.7 Å². The second kappa shape index (κ2) is 4.84. The van der Waals surface area contributed by atoms with Crippen molar-refractivity contribution >= 4 is 6.03 Å². The number of rotatable bonds is 3. The molecule has 15 heavy (non-hydrogen) atoms. The van der Waals surface area contributed by atoms with Crippen molar-refractivity contribution in [1.29, 1.82) is 0 Å². The van der Waals surface area contributed by atoms with E-state index in [1.54, 1.807) is 0 Å². The Bertz CT molecular complexity index is 228. The Balaban J connectivity index is 1.58. The number of nitrogens with zero attached hydrogens (tertiary/aromatic N) is 1. The fourth-order valence-corrected chi connectivity index (χ4v) is 2.22. The molecule has 1 saturated carbocycles. The van der Waals surface area contributed by atoms with Crippen LogP contribution in [-0.4, -0.2) is 43.7 Å². The number of likely N-dealkylation sites (tertiary alicyclic amines) is 1. The van der Waals surface area contributed by atoms with Crippen molar-refractivity contribution in [3.63, 3.8) is 0 Å². The molecular weight excluding hydrogens is 190 g/mol. The molecule has 2 N–H and O–H groups in total. The van der Waals surface area contributed by atoms with Crippen molar-refractivity contribution in [3.05, 3.63) is 0 Å². The first-order valence-corrected chi connectivity index (χ1v) is 5.97. The fourth-order valence-electron chi connectivity index (χ4n) is 2.22. The van der Waals surface area contributed by atoms with E-state index in [-0.39, 0.29) is 6.03 Å². The summed E-state index contributed by atoms with van der Waals surface area (Å²) in [6.45, 7) is 3.10. The smallest absolute Gasteiger partial charge is 0.315 e. The molecule has 0 radical (unpaired) electrons. The van der Waals surface area contributed by atoms with Crippen LogP contribution in [0.2, 0.25) is 0 Å². The summed E-state index contributed by atoms with van der Waals surface area (Å²) in [5, 5.41) is 5.96. The molecular formula is C11H21N3O. The first-order chi connectivity index (χ1) is 7.24. The Morgan fingerprint density at radius 2 is 2.20 bits per heavy atom. The second-order valence-corrected chi connectivity index (χ2v) is 4.90. The van der Waals surface area contributed by atoms with Crippen molar-refractivity contribution in [1.82, 2.24) is 15.5 Å². The van der Waals surface area contributed by atoms with Gasteiger partial charge in [0.05, 0.1) is 0 Å². The van der Waals surface area contributed by atoms with Crippen LogP contribution in [0, 0.1) is 5.92 Å². The molecule has 0 bridgehead atoms. The Labute approximate surface area is 91.4 Å². The first kappa shape index (κ1) is 10.7. The zero-order chi connectivity index (χ0) is 10.7. The zero-order valence-corrected chi connectivity index (χ0v) is 9.46. The standard InChI is InChI=1S/C11H21N3O/c1-14-6-5-9(8-14)7-12-11(15)13-10-3-2-4-10/h9-10H,2-8H2,1H3,(H2,12,13,15). The van der Waals surface area contributed by atoms with Gasteiger partial charge in [0.15, 0.2) is 0 Å². The maximum Gasteiger partial charge on any atom is 0.315 e. The lowest BCUT2D eigenvalue weighted by molar-refractivity contribution is 0.226. The van der Waals surface area contributed by atoms with E-state index in [0.717, 1.165) is 32.5 Å². The lowest BCUT2D eigenvalue weighted by Gasteiger charge is -2.26. The molecule has 1 saturated heterocycles. The fraction of sp³-hybridized carbons (Fsp3) is 0.909. The molecule has 86 valence electrons. The van der Waals surface area contributed by atoms with E-state index in [0.29, 0.717) is 12.0 Å². The molecule has 2 rings (SSSR count). The topological polar surface area (TPSA) is 44.4 Å². The Morgan fingerprint density at radius 1 is 1.40 bits per heavy atom. The van der Waals surface area contributed by atoms with Crippen LogP contribution in [0.3, 0.4) is 0 Å². The van der Waals surface area contributed by atoms with Crippen LogP contribution >= 0.6 is 0 Å². The van der Waals surface area contributed by atoms with E-state index in [9.17, 15) is 4.79 Å². The SMILES string of the molecule is CN1CCC(CNC(=O)NC2CCC2)C1. The third-order valence-corrected chi connectivity index (χ3v) is 3.48. The Morgan fingerprint density at radius 3 is 2.73 bits per heavy atom. The molecule has 0 aromatic rings. The molecule has 0 aromatic heterocycles. The quantitative estimate of drug-likeness (QED) is 0.725. The highest BCUT2D eigenvalue weighted by atomic mass is 16.2. The Kier molecular flexibility index (Phi) is 3.46. The first-order valence-electron chi connectivity index (χ1n) is 5.97. The number of urea groups is 1. The van der Waals surface area contributed by atoms with Gasteiger partial charge in [-0.15, -0.1) is 0 Å². The molecule has 1 atom stereocenters. The van der Waals surface area contributed by atoms with Gasteiger partial charge in [-0.3, -0.25) is 0 Å². The minimum atomic E-state index is 0.0225. The summed E-state index contributed by atoms with van der Waals surface area (Å²) < 4.78 is 0. The van der Waals surface area contributed by atoms with Crippen molar-refractivity contribution in [2.45, 2.75) is 31.7 Å². The average molecular weight is 211 g/mol. The molecule has 1 unspecified atom stereocenters. The number of nitrogens with one attached hydrogen (secondary N) is 2. The summed E-state index contributed by atoms with van der Waals surface area (Å²) in [4.78, 5) is 13.8. The summed E-state index contributed by atoms with van der Waals surface area (Å²) in [6.07, 6.45) is 4.78. The molecule has 2 aliphatic rings. The Hall–Kier alpha value is -0.770. The summed E-state index contributed by atoms with van der Waals surface area (Å²) in [5.41, 5.74) is 0. The van der Waals surface area contributed by atoms with Gasteiger partial charge in [0.25, 0.3) is 0 Å². The number of hydrogen-bond acceptors (Lipinski definition) is 2. The number of carbonyl (C=O) groups is 1. The maximum atomic E-state index is 11.4. The van der Waals surface area contributed by atoms with E-state index in [4.69, 9.17) is 0 Å². The minimum Gasteiger partial charge on any atom is -0.338 e. The highest BCUT2D eigenvalue weighted by molar-refractivity contribution is 5.74. The molecule has 4 nitrogen and oxygen atoms in total. The number of amides is 2. The van der Waals surface area contributed by atoms with Crippen LogP contribution in [0.25, 0.3) is 0 Å². The van der Waals surface area contributed by atoms with Crippen molar-refractivity contribution in [2.75, 3.05) is 26.7 Å². The van der Waals surface area contributed by atoms with Gasteiger partial charge in [-0.2, -0.15) is 0 Å². The average Bonchev–Trinajstić information content (AvgIpc) is 2.55. The van der Waals surface area contributed by atoms with Gasteiger partial charge in [0.2, 0.25) is 0 Å². The van der Waals surface area contributed by atoms with Gasteiger partial charge in [0.1, 0.15) is 0 Å². The highest BCUT2D eigenvalue weighted by Gasteiger charge is 2.22. The second-order valence-electron chi connectivity index (χ2n) is 4.90. The van der Waals surface area contributed by atoms with Gasteiger partial charge >= 0.3 is 6.03 Å². The number of hydrogen-bond donors (Lipinski definition) is 2. The molecule has 4 heteroatoms. The lowest BCUT2D eigenvalue weighted by Crippen LogP contribution is -2.46. The van der Waals surface area contributed by atoms with Gasteiger partial charge in [0, 0.05) is 19.1 Å². The molecule has 2 amide bonds. The molecule has 2 fully saturated rings. The van der Waals surface area contributed by atoms with Gasteiger partial charge in [-0.05, 0) is 45.2 Å². The predicted octanol–water partition coefficient (Wildman–Crippen LogP) is 0.790. The third kappa shape index (κ3) is 3.09. The van der Waals surface area contributed by atoms with Gasteiger partial charge < -0.3 is 15.5 Å². The van der Waals surface area contributed by atoms with E-state index in [1.165, 1.54) is 12.8 Å². The third-order valence-electron chi connectivity index (χ3n) is 3.48. The van der Waals surface area contributed by atoms with Crippen LogP contribution < -0.4 is 10.6 Å². The van der Waals surface area contributed by atoms with E-state index in [2.05, 4.69) is 22.6 Å². The molecule has 1 aliphatic carbocycles. The lowest BCUT2D eigenvalue weighted by atomic mass is 9.93. The van der Waals surface area contributed by atoms with Gasteiger partial charge in [-0.25, -0.2) is 4.79 Å². The summed E-state index contributed by atoms with van der Waals surface area (Å²) in [7, 11) is 2.13. The van der Waals surface area contributed by atoms with E-state index < -0.39 is 0 Å². The van der Waals surface area contributed by atoms with E-state index in [1.807, 2.05) is 0 Å². The zero-order valence-electron chi connectivity index (χ0n) is 9.46. The summed E-state index contributed by atoms with van der Waals surface area (Å²) >= 11 is 0. The maximum absolute atomic E-state index is 11.4. The summed E-state index contributed by atoms with van der Waals surface area (Å²) in [5.74, 6) is 0.641. The van der Waals surface area contributed by atoms with Crippen molar-refractivity contribution in [2.24, 2.45) is 5.92 Å². The molecule has 0 aromatic carbocycles.